The average molecular weight is 345 g/mol. The van der Waals surface area contributed by atoms with Crippen LogP contribution in [0.5, 0.6) is 11.5 Å². The second-order valence-electron chi connectivity index (χ2n) is 5.55. The van der Waals surface area contributed by atoms with Crippen molar-refractivity contribution in [3.8, 4) is 11.5 Å². The molecule has 0 N–H and O–H groups in total. The molecule has 3 aromatic rings. The Bertz CT molecular complexity index is 916. The summed E-state index contributed by atoms with van der Waals surface area (Å²) in [7, 11) is 3.15. The van der Waals surface area contributed by atoms with Crippen molar-refractivity contribution < 1.29 is 14.3 Å². The molecule has 0 fully saturated rings. The first kappa shape index (κ1) is 17.4. The van der Waals surface area contributed by atoms with Crippen LogP contribution in [-0.2, 0) is 0 Å². The van der Waals surface area contributed by atoms with Crippen molar-refractivity contribution in [3.05, 3.63) is 90.0 Å². The fraction of sp³-hybridized carbons (Fsp3) is 0.0909. The maximum Gasteiger partial charge on any atom is 0.215 e. The van der Waals surface area contributed by atoms with Gasteiger partial charge in [-0.2, -0.15) is 0 Å². The van der Waals surface area contributed by atoms with E-state index in [0.29, 0.717) is 28.3 Å². The van der Waals surface area contributed by atoms with Crippen molar-refractivity contribution in [2.45, 2.75) is 0 Å². The molecule has 4 nitrogen and oxygen atoms in total. The van der Waals surface area contributed by atoms with Crippen molar-refractivity contribution in [2.24, 2.45) is 4.99 Å². The first-order chi connectivity index (χ1) is 12.7. The van der Waals surface area contributed by atoms with Gasteiger partial charge in [-0.05, 0) is 48.5 Å². The maximum absolute atomic E-state index is 13.2. The molecular weight excluding hydrogens is 326 g/mol. The Kier molecular flexibility index (Phi) is 5.44. The molecule has 0 heterocycles. The van der Waals surface area contributed by atoms with Gasteiger partial charge in [0.05, 0.1) is 25.5 Å². The lowest BCUT2D eigenvalue weighted by Gasteiger charge is -2.10. The number of ether oxygens (including phenoxy) is 2. The lowest BCUT2D eigenvalue weighted by Crippen LogP contribution is -2.16. The van der Waals surface area contributed by atoms with E-state index in [0.717, 1.165) is 5.75 Å². The van der Waals surface area contributed by atoms with Crippen LogP contribution in [0, 0.1) is 0 Å². The molecule has 0 amide bonds. The number of para-hydroxylation sites is 2. The van der Waals surface area contributed by atoms with E-state index in [4.69, 9.17) is 9.47 Å². The molecule has 130 valence electrons. The molecule has 0 radical (unpaired) electrons. The summed E-state index contributed by atoms with van der Waals surface area (Å²) in [5.74, 6) is 1.04. The fourth-order valence-electron chi connectivity index (χ4n) is 2.59. The Balaban J connectivity index is 2.10. The third kappa shape index (κ3) is 3.81. The molecule has 0 bridgehead atoms. The van der Waals surface area contributed by atoms with Crippen LogP contribution in [0.4, 0.5) is 5.69 Å². The van der Waals surface area contributed by atoms with Gasteiger partial charge in [0.15, 0.2) is 0 Å². The van der Waals surface area contributed by atoms with Crippen LogP contribution in [-0.4, -0.2) is 25.7 Å². The maximum atomic E-state index is 13.2. The molecule has 0 aromatic heterocycles. The zero-order valence-corrected chi connectivity index (χ0v) is 14.7. The Morgan fingerprint density at radius 2 is 1.42 bits per heavy atom. The normalized spacial score (nSPS) is 11.1. The van der Waals surface area contributed by atoms with Gasteiger partial charge in [0, 0.05) is 5.56 Å². The lowest BCUT2D eigenvalue weighted by atomic mass is 9.99. The minimum atomic E-state index is -0.198. The SMILES string of the molecule is COc1ccc(C(=Nc2ccccc2)C(=O)c2ccccc2OC)cc1. The summed E-state index contributed by atoms with van der Waals surface area (Å²) in [5.41, 5.74) is 2.25. The highest BCUT2D eigenvalue weighted by molar-refractivity contribution is 6.52. The quantitative estimate of drug-likeness (QED) is 0.480. The third-order valence-corrected chi connectivity index (χ3v) is 3.93. The fourth-order valence-corrected chi connectivity index (χ4v) is 2.59. The van der Waals surface area contributed by atoms with Gasteiger partial charge < -0.3 is 9.47 Å². The summed E-state index contributed by atoms with van der Waals surface area (Å²) >= 11 is 0. The Labute approximate surface area is 152 Å². The topological polar surface area (TPSA) is 47.9 Å². The van der Waals surface area contributed by atoms with E-state index in [-0.39, 0.29) is 5.78 Å². The Hall–Kier alpha value is -3.40. The second-order valence-corrected chi connectivity index (χ2v) is 5.55. The predicted molar refractivity (Wildman–Crippen MR) is 103 cm³/mol. The van der Waals surface area contributed by atoms with E-state index < -0.39 is 0 Å². The molecule has 0 unspecified atom stereocenters. The van der Waals surface area contributed by atoms with Gasteiger partial charge in [-0.25, -0.2) is 4.99 Å². The molecule has 0 saturated carbocycles. The van der Waals surface area contributed by atoms with E-state index in [9.17, 15) is 4.79 Å². The number of carbonyl (C=O) groups is 1. The number of hydrogen-bond acceptors (Lipinski definition) is 4. The smallest absolute Gasteiger partial charge is 0.215 e. The van der Waals surface area contributed by atoms with Crippen LogP contribution >= 0.6 is 0 Å². The van der Waals surface area contributed by atoms with Crippen LogP contribution in [0.3, 0.4) is 0 Å². The Morgan fingerprint density at radius 3 is 2.08 bits per heavy atom. The van der Waals surface area contributed by atoms with E-state index >= 15 is 0 Å². The minimum absolute atomic E-state index is 0.198. The van der Waals surface area contributed by atoms with Gasteiger partial charge >= 0.3 is 0 Å². The summed E-state index contributed by atoms with van der Waals surface area (Å²) in [4.78, 5) is 17.8. The molecule has 0 aliphatic heterocycles. The van der Waals surface area contributed by atoms with E-state index in [1.165, 1.54) is 0 Å². The molecule has 0 aliphatic rings. The molecule has 3 aromatic carbocycles. The molecule has 26 heavy (non-hydrogen) atoms. The number of ketones is 1. The van der Waals surface area contributed by atoms with E-state index in [1.54, 1.807) is 26.4 Å². The second kappa shape index (κ2) is 8.12. The monoisotopic (exact) mass is 345 g/mol. The average Bonchev–Trinajstić information content (AvgIpc) is 2.72. The number of hydrogen-bond donors (Lipinski definition) is 0. The van der Waals surface area contributed by atoms with Crippen LogP contribution in [0.25, 0.3) is 0 Å². The molecule has 0 spiro atoms. The molecule has 4 heteroatoms. The van der Waals surface area contributed by atoms with Crippen LogP contribution in [0.15, 0.2) is 83.9 Å². The first-order valence-electron chi connectivity index (χ1n) is 8.19. The van der Waals surface area contributed by atoms with Crippen LogP contribution < -0.4 is 9.47 Å². The van der Waals surface area contributed by atoms with Crippen molar-refractivity contribution in [1.82, 2.24) is 0 Å². The number of carbonyl (C=O) groups excluding carboxylic acids is 1. The molecule has 3 rings (SSSR count). The van der Waals surface area contributed by atoms with Gasteiger partial charge in [0.1, 0.15) is 17.2 Å². The minimum Gasteiger partial charge on any atom is -0.497 e. The number of aliphatic imine (C=N–C) groups is 1. The summed E-state index contributed by atoms with van der Waals surface area (Å²) in [6.45, 7) is 0. The summed E-state index contributed by atoms with van der Waals surface area (Å²) in [5, 5.41) is 0. The summed E-state index contributed by atoms with van der Waals surface area (Å²) < 4.78 is 10.5. The Morgan fingerprint density at radius 1 is 0.769 bits per heavy atom. The number of rotatable bonds is 6. The summed E-state index contributed by atoms with van der Waals surface area (Å²) in [6.07, 6.45) is 0. The van der Waals surface area contributed by atoms with Crippen molar-refractivity contribution in [1.29, 1.82) is 0 Å². The van der Waals surface area contributed by atoms with Crippen molar-refractivity contribution in [2.75, 3.05) is 14.2 Å². The van der Waals surface area contributed by atoms with E-state index in [1.807, 2.05) is 66.7 Å². The largest absolute Gasteiger partial charge is 0.497 e. The zero-order valence-electron chi connectivity index (χ0n) is 14.7. The number of Topliss-reactive ketones (excluding diaryl/α,β-unsaturated/α-hetero) is 1. The van der Waals surface area contributed by atoms with Crippen LogP contribution in [0.2, 0.25) is 0 Å². The molecule has 0 saturated heterocycles. The zero-order chi connectivity index (χ0) is 18.4. The third-order valence-electron chi connectivity index (χ3n) is 3.93. The van der Waals surface area contributed by atoms with Gasteiger partial charge in [0.2, 0.25) is 5.78 Å². The highest BCUT2D eigenvalue weighted by Crippen LogP contribution is 2.23. The van der Waals surface area contributed by atoms with Crippen LogP contribution in [0.1, 0.15) is 15.9 Å². The number of benzene rings is 3. The van der Waals surface area contributed by atoms with Gasteiger partial charge in [-0.15, -0.1) is 0 Å². The van der Waals surface area contributed by atoms with Gasteiger partial charge in [-0.1, -0.05) is 30.3 Å². The molecular formula is C22H19NO3. The van der Waals surface area contributed by atoms with Crippen molar-refractivity contribution in [3.63, 3.8) is 0 Å². The van der Waals surface area contributed by atoms with Crippen molar-refractivity contribution >= 4 is 17.2 Å². The van der Waals surface area contributed by atoms with Gasteiger partial charge in [-0.3, -0.25) is 4.79 Å². The highest BCUT2D eigenvalue weighted by atomic mass is 16.5. The lowest BCUT2D eigenvalue weighted by molar-refractivity contribution is 0.106. The van der Waals surface area contributed by atoms with E-state index in [2.05, 4.69) is 4.99 Å². The number of nitrogens with zero attached hydrogens (tertiary/aromatic N) is 1. The number of methoxy groups -OCH3 is 2. The first-order valence-corrected chi connectivity index (χ1v) is 8.19. The molecule has 0 atom stereocenters. The predicted octanol–water partition coefficient (Wildman–Crippen LogP) is 4.71. The highest BCUT2D eigenvalue weighted by Gasteiger charge is 2.20. The summed E-state index contributed by atoms with van der Waals surface area (Å²) in [6, 6.07) is 23.8. The molecule has 0 aliphatic carbocycles. The van der Waals surface area contributed by atoms with Gasteiger partial charge in [0.25, 0.3) is 0 Å². The standard InChI is InChI=1S/C22H19NO3/c1-25-18-14-12-16(13-15-18)21(23-17-8-4-3-5-9-17)22(24)19-10-6-7-11-20(19)26-2/h3-15H,1-2H3.